The van der Waals surface area contributed by atoms with Crippen LogP contribution in [0.4, 0.5) is 11.8 Å². The van der Waals surface area contributed by atoms with Crippen LogP contribution in [0, 0.1) is 22.7 Å². The van der Waals surface area contributed by atoms with Crippen molar-refractivity contribution in [2.45, 2.75) is 13.3 Å². The normalized spacial score (nSPS) is 14.3. The molecule has 0 aromatic carbocycles. The molecule has 28 heavy (non-hydrogen) atoms. The second-order valence-electron chi connectivity index (χ2n) is 5.72. The number of rotatable bonds is 7. The lowest BCUT2D eigenvalue weighted by Crippen LogP contribution is -2.16. The predicted octanol–water partition coefficient (Wildman–Crippen LogP) is 3.05. The van der Waals surface area contributed by atoms with Gasteiger partial charge in [-0.05, 0) is 30.0 Å². The highest BCUT2D eigenvalue weighted by molar-refractivity contribution is 8.06. The Morgan fingerprint density at radius 3 is 2.71 bits per heavy atom. The zero-order valence-corrected chi connectivity index (χ0v) is 16.0. The van der Waals surface area contributed by atoms with Gasteiger partial charge in [-0.1, -0.05) is 18.7 Å². The maximum absolute atomic E-state index is 9.57. The van der Waals surface area contributed by atoms with Gasteiger partial charge in [-0.25, -0.2) is 15.0 Å². The molecular weight excluding hydrogens is 372 g/mol. The Kier molecular flexibility index (Phi) is 6.45. The van der Waals surface area contributed by atoms with Crippen molar-refractivity contribution in [2.75, 3.05) is 23.7 Å². The zero-order valence-electron chi connectivity index (χ0n) is 15.2. The Balaban J connectivity index is 1.58. The number of nitrogens with zero attached hydrogens (tertiary/aromatic N) is 5. The average Bonchev–Trinajstić information content (AvgIpc) is 3.21. The number of nitriles is 2. The van der Waals surface area contributed by atoms with Gasteiger partial charge in [0.15, 0.2) is 0 Å². The summed E-state index contributed by atoms with van der Waals surface area (Å²) in [7, 11) is 0. The van der Waals surface area contributed by atoms with Crippen molar-refractivity contribution in [3.8, 4) is 12.1 Å². The fourth-order valence-corrected chi connectivity index (χ4v) is 3.31. The van der Waals surface area contributed by atoms with Gasteiger partial charge in [0.1, 0.15) is 23.5 Å². The molecule has 3 rings (SSSR count). The van der Waals surface area contributed by atoms with Crippen molar-refractivity contribution in [2.24, 2.45) is 0 Å². The number of anilines is 2. The van der Waals surface area contributed by atoms with Gasteiger partial charge in [0, 0.05) is 31.2 Å². The van der Waals surface area contributed by atoms with Crippen molar-refractivity contribution in [3.05, 3.63) is 58.0 Å². The lowest BCUT2D eigenvalue weighted by molar-refractivity contribution is 0.950. The molecule has 140 valence electrons. The van der Waals surface area contributed by atoms with Crippen LogP contribution in [0.1, 0.15) is 24.6 Å². The van der Waals surface area contributed by atoms with Crippen LogP contribution in [0.15, 0.2) is 46.7 Å². The van der Waals surface area contributed by atoms with Crippen molar-refractivity contribution in [1.82, 2.24) is 20.3 Å². The molecule has 0 radical (unpaired) electrons. The minimum atomic E-state index is 0.451. The van der Waals surface area contributed by atoms with E-state index in [2.05, 4.69) is 43.9 Å². The minimum absolute atomic E-state index is 0.451. The molecule has 2 aromatic rings. The van der Waals surface area contributed by atoms with Crippen LogP contribution in [0.3, 0.4) is 0 Å². The second-order valence-corrected chi connectivity index (χ2v) is 6.60. The quantitative estimate of drug-likeness (QED) is 0.483. The van der Waals surface area contributed by atoms with Gasteiger partial charge in [0.2, 0.25) is 5.95 Å². The number of aromatic nitrogens is 3. The number of hydrogen-bond acceptors (Lipinski definition) is 9. The summed E-state index contributed by atoms with van der Waals surface area (Å²) in [5.41, 5.74) is 2.67. The molecule has 0 spiro atoms. The molecular formula is C19H18N8S. The number of allylic oxidation sites excluding steroid dienone is 2. The van der Waals surface area contributed by atoms with E-state index in [0.717, 1.165) is 17.1 Å². The lowest BCUT2D eigenvalue weighted by Gasteiger charge is -2.09. The largest absolute Gasteiger partial charge is 0.368 e. The summed E-state index contributed by atoms with van der Waals surface area (Å²) in [6, 6.07) is 9.45. The number of thioether (sulfide) groups is 1. The van der Waals surface area contributed by atoms with Crippen LogP contribution in [0.5, 0.6) is 0 Å². The van der Waals surface area contributed by atoms with Crippen LogP contribution in [-0.2, 0) is 0 Å². The van der Waals surface area contributed by atoms with E-state index < -0.39 is 0 Å². The van der Waals surface area contributed by atoms with E-state index in [1.807, 2.05) is 11.5 Å². The maximum atomic E-state index is 9.57. The highest BCUT2D eigenvalue weighted by atomic mass is 32.2. The first-order chi connectivity index (χ1) is 13.7. The van der Waals surface area contributed by atoms with Crippen LogP contribution in [0.2, 0.25) is 0 Å². The van der Waals surface area contributed by atoms with E-state index in [0.29, 0.717) is 41.7 Å². The first-order valence-corrected chi connectivity index (χ1v) is 9.56. The van der Waals surface area contributed by atoms with E-state index in [1.54, 1.807) is 24.4 Å². The summed E-state index contributed by atoms with van der Waals surface area (Å²) in [5, 5.41) is 30.7. The van der Waals surface area contributed by atoms with Gasteiger partial charge in [0.05, 0.1) is 16.3 Å². The fourth-order valence-electron chi connectivity index (χ4n) is 2.36. The molecule has 0 aliphatic carbocycles. The molecule has 9 heteroatoms. The summed E-state index contributed by atoms with van der Waals surface area (Å²) in [6.45, 7) is 3.22. The number of hydrogen-bond donors (Lipinski definition) is 3. The van der Waals surface area contributed by atoms with Crippen molar-refractivity contribution < 1.29 is 0 Å². The Hall–Kier alpha value is -3.56. The van der Waals surface area contributed by atoms with Gasteiger partial charge < -0.3 is 16.0 Å². The molecule has 1 aliphatic rings. The van der Waals surface area contributed by atoms with E-state index in [9.17, 15) is 5.26 Å². The second kappa shape index (κ2) is 9.40. The highest BCUT2D eigenvalue weighted by Gasteiger charge is 2.16. The molecule has 0 unspecified atom stereocenters. The Labute approximate surface area is 167 Å². The third-order valence-electron chi connectivity index (χ3n) is 3.83. The standard InChI is InChI=1S/C19H18N8S/c1-2-14-12-28-18(26-14)15(10-21)16-5-6-23-19(27-16)24-8-7-22-17-4-3-13(9-20)11-25-17/h3-6,11-12,26H,2,7-8H2,1H3,(H,22,25)(H,23,24,27)/b18-15-. The van der Waals surface area contributed by atoms with Crippen molar-refractivity contribution >= 4 is 29.1 Å². The summed E-state index contributed by atoms with van der Waals surface area (Å²) >= 11 is 1.50. The van der Waals surface area contributed by atoms with E-state index in [4.69, 9.17) is 5.26 Å². The van der Waals surface area contributed by atoms with Gasteiger partial charge in [0.25, 0.3) is 0 Å². The smallest absolute Gasteiger partial charge is 0.223 e. The lowest BCUT2D eigenvalue weighted by atomic mass is 10.2. The molecule has 2 aromatic heterocycles. The van der Waals surface area contributed by atoms with Crippen molar-refractivity contribution in [1.29, 1.82) is 10.5 Å². The minimum Gasteiger partial charge on any atom is -0.368 e. The van der Waals surface area contributed by atoms with Crippen LogP contribution < -0.4 is 16.0 Å². The number of pyridine rings is 1. The first kappa shape index (κ1) is 19.2. The van der Waals surface area contributed by atoms with Crippen LogP contribution in [0.25, 0.3) is 5.57 Å². The SMILES string of the molecule is CCC1=CS/C(=C(/C#N)c2ccnc(NCCNc3ccc(C#N)cn3)n2)N1. The topological polar surface area (TPSA) is 122 Å². The maximum Gasteiger partial charge on any atom is 0.223 e. The molecule has 0 atom stereocenters. The molecule has 0 saturated heterocycles. The van der Waals surface area contributed by atoms with Crippen LogP contribution >= 0.6 is 11.8 Å². The predicted molar refractivity (Wildman–Crippen MR) is 110 cm³/mol. The molecule has 0 bridgehead atoms. The first-order valence-electron chi connectivity index (χ1n) is 8.68. The van der Waals surface area contributed by atoms with Crippen LogP contribution in [-0.4, -0.2) is 28.0 Å². The molecule has 0 fully saturated rings. The van der Waals surface area contributed by atoms with Gasteiger partial charge in [-0.3, -0.25) is 0 Å². The Morgan fingerprint density at radius 2 is 2.04 bits per heavy atom. The zero-order chi connectivity index (χ0) is 19.8. The molecule has 8 nitrogen and oxygen atoms in total. The number of nitrogens with one attached hydrogen (secondary N) is 3. The molecule has 1 aliphatic heterocycles. The third kappa shape index (κ3) is 4.78. The Bertz CT molecular complexity index is 982. The van der Waals surface area contributed by atoms with Gasteiger partial charge in [-0.2, -0.15) is 10.5 Å². The van der Waals surface area contributed by atoms with Gasteiger partial charge in [-0.15, -0.1) is 0 Å². The molecule has 3 N–H and O–H groups in total. The molecule has 3 heterocycles. The molecule has 0 amide bonds. The Morgan fingerprint density at radius 1 is 1.18 bits per heavy atom. The fraction of sp³-hybridized carbons (Fsp3) is 0.211. The van der Waals surface area contributed by atoms with Gasteiger partial charge >= 0.3 is 0 Å². The van der Waals surface area contributed by atoms with E-state index >= 15 is 0 Å². The third-order valence-corrected chi connectivity index (χ3v) is 4.78. The van der Waals surface area contributed by atoms with Crippen molar-refractivity contribution in [3.63, 3.8) is 0 Å². The average molecular weight is 390 g/mol. The van der Waals surface area contributed by atoms with E-state index in [-0.39, 0.29) is 0 Å². The summed E-state index contributed by atoms with van der Waals surface area (Å²) in [6.07, 6.45) is 4.03. The highest BCUT2D eigenvalue weighted by Crippen LogP contribution is 2.31. The van der Waals surface area contributed by atoms with E-state index in [1.165, 1.54) is 18.0 Å². The monoisotopic (exact) mass is 390 g/mol. The summed E-state index contributed by atoms with van der Waals surface area (Å²) < 4.78 is 0. The summed E-state index contributed by atoms with van der Waals surface area (Å²) in [5.74, 6) is 1.14. The molecule has 0 saturated carbocycles. The summed E-state index contributed by atoms with van der Waals surface area (Å²) in [4.78, 5) is 12.8.